The highest BCUT2D eigenvalue weighted by Crippen LogP contribution is 2.23. The molecule has 0 radical (unpaired) electrons. The number of carbonyl (C=O) groups is 1. The number of benzene rings is 2. The Morgan fingerprint density at radius 3 is 2.91 bits per heavy atom. The molecule has 0 saturated heterocycles. The van der Waals surface area contributed by atoms with E-state index in [4.69, 9.17) is 0 Å². The first-order chi connectivity index (χ1) is 10.7. The van der Waals surface area contributed by atoms with Crippen LogP contribution in [0.2, 0.25) is 0 Å². The van der Waals surface area contributed by atoms with Gasteiger partial charge in [0.15, 0.2) is 0 Å². The normalized spacial score (nSPS) is 11.1. The number of aromatic nitrogens is 2. The Labute approximate surface area is 127 Å². The second-order valence-corrected chi connectivity index (χ2v) is 5.40. The fraction of sp³-hybridized carbons (Fsp3) is 0.0556. The van der Waals surface area contributed by atoms with Crippen molar-refractivity contribution in [2.75, 3.05) is 5.32 Å². The molecule has 2 heterocycles. The minimum Gasteiger partial charge on any atom is -0.359 e. The molecule has 2 aromatic heterocycles. The van der Waals surface area contributed by atoms with Crippen LogP contribution in [0, 0.1) is 0 Å². The van der Waals surface area contributed by atoms with Gasteiger partial charge < -0.3 is 14.9 Å². The molecular formula is C18H15N3O. The highest BCUT2D eigenvalue weighted by molar-refractivity contribution is 6.09. The third-order valence-electron chi connectivity index (χ3n) is 3.98. The molecule has 0 unspecified atom stereocenters. The summed E-state index contributed by atoms with van der Waals surface area (Å²) in [6.07, 6.45) is 3.86. The van der Waals surface area contributed by atoms with Crippen molar-refractivity contribution in [3.63, 3.8) is 0 Å². The Bertz CT molecular complexity index is 994. The van der Waals surface area contributed by atoms with E-state index in [1.165, 1.54) is 0 Å². The van der Waals surface area contributed by atoms with Crippen LogP contribution in [0.15, 0.2) is 60.9 Å². The zero-order valence-corrected chi connectivity index (χ0v) is 12.1. The monoisotopic (exact) mass is 289 g/mol. The molecule has 4 heteroatoms. The molecule has 1 amide bonds. The molecule has 0 saturated carbocycles. The summed E-state index contributed by atoms with van der Waals surface area (Å²) in [6.45, 7) is 0. The van der Waals surface area contributed by atoms with Crippen LogP contribution in [0.4, 0.5) is 5.69 Å². The molecule has 22 heavy (non-hydrogen) atoms. The maximum Gasteiger partial charge on any atom is 0.255 e. The van der Waals surface area contributed by atoms with Gasteiger partial charge >= 0.3 is 0 Å². The number of hydrogen-bond acceptors (Lipinski definition) is 1. The predicted molar refractivity (Wildman–Crippen MR) is 89.2 cm³/mol. The predicted octanol–water partition coefficient (Wildman–Crippen LogP) is 3.91. The Morgan fingerprint density at radius 1 is 1.09 bits per heavy atom. The minimum absolute atomic E-state index is 0.104. The summed E-state index contributed by atoms with van der Waals surface area (Å²) in [5.74, 6) is -0.104. The second kappa shape index (κ2) is 4.77. The number of anilines is 1. The van der Waals surface area contributed by atoms with Crippen molar-refractivity contribution in [3.8, 4) is 0 Å². The van der Waals surface area contributed by atoms with Crippen molar-refractivity contribution in [2.24, 2.45) is 7.05 Å². The fourth-order valence-corrected chi connectivity index (χ4v) is 2.81. The van der Waals surface area contributed by atoms with Crippen LogP contribution in [0.3, 0.4) is 0 Å². The maximum absolute atomic E-state index is 12.5. The largest absolute Gasteiger partial charge is 0.359 e. The minimum atomic E-state index is -0.104. The summed E-state index contributed by atoms with van der Waals surface area (Å²) in [5, 5.41) is 5.12. The first-order valence-corrected chi connectivity index (χ1v) is 7.15. The molecule has 108 valence electrons. The van der Waals surface area contributed by atoms with E-state index >= 15 is 0 Å². The van der Waals surface area contributed by atoms with Gasteiger partial charge in [-0.3, -0.25) is 4.79 Å². The van der Waals surface area contributed by atoms with E-state index in [-0.39, 0.29) is 5.91 Å². The third-order valence-corrected chi connectivity index (χ3v) is 3.98. The van der Waals surface area contributed by atoms with Gasteiger partial charge in [-0.15, -0.1) is 0 Å². The quantitative estimate of drug-likeness (QED) is 0.577. The summed E-state index contributed by atoms with van der Waals surface area (Å²) in [7, 11) is 1.99. The lowest BCUT2D eigenvalue weighted by Crippen LogP contribution is -2.12. The van der Waals surface area contributed by atoms with Crippen LogP contribution >= 0.6 is 0 Å². The molecule has 0 aliphatic carbocycles. The Kier molecular flexibility index (Phi) is 2.76. The average Bonchev–Trinajstić information content (AvgIpc) is 3.14. The molecule has 2 aromatic carbocycles. The van der Waals surface area contributed by atoms with Crippen molar-refractivity contribution in [1.82, 2.24) is 9.55 Å². The fourth-order valence-electron chi connectivity index (χ4n) is 2.81. The van der Waals surface area contributed by atoms with E-state index in [1.807, 2.05) is 72.5 Å². The van der Waals surface area contributed by atoms with Gasteiger partial charge in [-0.1, -0.05) is 12.1 Å². The molecule has 0 atom stereocenters. The first kappa shape index (κ1) is 12.7. The van der Waals surface area contributed by atoms with Crippen molar-refractivity contribution in [2.45, 2.75) is 0 Å². The highest BCUT2D eigenvalue weighted by Gasteiger charge is 2.10. The molecule has 4 nitrogen and oxygen atoms in total. The smallest absolute Gasteiger partial charge is 0.255 e. The van der Waals surface area contributed by atoms with Gasteiger partial charge in [0.25, 0.3) is 5.91 Å². The molecule has 4 aromatic rings. The molecule has 2 N–H and O–H groups in total. The summed E-state index contributed by atoms with van der Waals surface area (Å²) in [6, 6.07) is 15.6. The standard InChI is InChI=1S/C18H15N3O/c1-21-10-8-13-11-14(5-6-16(13)21)18(22)20-15-4-2-3-12-7-9-19-17(12)15/h2-11,19H,1H3,(H,20,22). The molecule has 0 aliphatic rings. The number of nitrogens with zero attached hydrogens (tertiary/aromatic N) is 1. The van der Waals surface area contributed by atoms with Crippen LogP contribution in [0.5, 0.6) is 0 Å². The first-order valence-electron chi connectivity index (χ1n) is 7.15. The third kappa shape index (κ3) is 1.97. The van der Waals surface area contributed by atoms with Gasteiger partial charge in [0.1, 0.15) is 0 Å². The Balaban J connectivity index is 1.69. The number of aromatic amines is 1. The Hall–Kier alpha value is -3.01. The summed E-state index contributed by atoms with van der Waals surface area (Å²) in [4.78, 5) is 15.7. The summed E-state index contributed by atoms with van der Waals surface area (Å²) >= 11 is 0. The molecule has 0 fully saturated rings. The average molecular weight is 289 g/mol. The van der Waals surface area contributed by atoms with Crippen LogP contribution in [0.1, 0.15) is 10.4 Å². The molecule has 0 bridgehead atoms. The summed E-state index contributed by atoms with van der Waals surface area (Å²) in [5.41, 5.74) is 3.50. The van der Waals surface area contributed by atoms with Crippen LogP contribution < -0.4 is 5.32 Å². The van der Waals surface area contributed by atoms with Crippen molar-refractivity contribution < 1.29 is 4.79 Å². The van der Waals surface area contributed by atoms with Gasteiger partial charge in [0.2, 0.25) is 0 Å². The van der Waals surface area contributed by atoms with E-state index < -0.39 is 0 Å². The van der Waals surface area contributed by atoms with E-state index in [1.54, 1.807) is 0 Å². The van der Waals surface area contributed by atoms with E-state index in [9.17, 15) is 4.79 Å². The van der Waals surface area contributed by atoms with Gasteiger partial charge in [-0.25, -0.2) is 0 Å². The number of nitrogens with one attached hydrogen (secondary N) is 2. The molecular weight excluding hydrogens is 274 g/mol. The second-order valence-electron chi connectivity index (χ2n) is 5.40. The van der Waals surface area contributed by atoms with Crippen LogP contribution in [0.25, 0.3) is 21.8 Å². The van der Waals surface area contributed by atoms with E-state index in [2.05, 4.69) is 10.3 Å². The summed E-state index contributed by atoms with van der Waals surface area (Å²) < 4.78 is 2.04. The number of aryl methyl sites for hydroxylation is 1. The zero-order chi connectivity index (χ0) is 15.1. The van der Waals surface area contributed by atoms with E-state index in [0.717, 1.165) is 27.5 Å². The number of para-hydroxylation sites is 1. The maximum atomic E-state index is 12.5. The van der Waals surface area contributed by atoms with Crippen molar-refractivity contribution in [3.05, 3.63) is 66.5 Å². The SMILES string of the molecule is Cn1ccc2cc(C(=O)Nc3cccc4cc[nH]c34)ccc21. The highest BCUT2D eigenvalue weighted by atomic mass is 16.1. The number of H-pyrrole nitrogens is 1. The Morgan fingerprint density at radius 2 is 2.00 bits per heavy atom. The van der Waals surface area contributed by atoms with Crippen LogP contribution in [-0.4, -0.2) is 15.5 Å². The van der Waals surface area contributed by atoms with Gasteiger partial charge in [-0.05, 0) is 36.4 Å². The van der Waals surface area contributed by atoms with Gasteiger partial charge in [-0.2, -0.15) is 0 Å². The number of hydrogen-bond donors (Lipinski definition) is 2. The lowest BCUT2D eigenvalue weighted by molar-refractivity contribution is 0.102. The number of rotatable bonds is 2. The number of carbonyl (C=O) groups excluding carboxylic acids is 1. The molecule has 4 rings (SSSR count). The lowest BCUT2D eigenvalue weighted by atomic mass is 10.1. The molecule has 0 aliphatic heterocycles. The van der Waals surface area contributed by atoms with E-state index in [0.29, 0.717) is 5.56 Å². The van der Waals surface area contributed by atoms with Gasteiger partial charge in [0.05, 0.1) is 11.2 Å². The zero-order valence-electron chi connectivity index (χ0n) is 12.1. The van der Waals surface area contributed by atoms with Crippen molar-refractivity contribution in [1.29, 1.82) is 0 Å². The molecule has 0 spiro atoms. The lowest BCUT2D eigenvalue weighted by Gasteiger charge is -2.07. The number of amides is 1. The van der Waals surface area contributed by atoms with Crippen LogP contribution in [-0.2, 0) is 7.05 Å². The van der Waals surface area contributed by atoms with Crippen molar-refractivity contribution >= 4 is 33.4 Å². The van der Waals surface area contributed by atoms with Gasteiger partial charge in [0, 0.05) is 41.3 Å². The topological polar surface area (TPSA) is 49.8 Å². The number of fused-ring (bicyclic) bond motifs is 2.